The molecule has 0 atom stereocenters. The highest BCUT2D eigenvalue weighted by molar-refractivity contribution is 5.70. The van der Waals surface area contributed by atoms with Gasteiger partial charge in [-0.2, -0.15) is 0 Å². The molecule has 2 heteroatoms. The highest BCUT2D eigenvalue weighted by Crippen LogP contribution is 2.29. The van der Waals surface area contributed by atoms with Gasteiger partial charge in [-0.3, -0.25) is 0 Å². The number of rotatable bonds is 3. The summed E-state index contributed by atoms with van der Waals surface area (Å²) in [6.45, 7) is 2.14. The van der Waals surface area contributed by atoms with Crippen molar-refractivity contribution in [3.05, 3.63) is 53.8 Å². The first-order valence-corrected chi connectivity index (χ1v) is 5.78. The van der Waals surface area contributed by atoms with E-state index in [1.54, 1.807) is 6.07 Å². The first-order valence-electron chi connectivity index (χ1n) is 5.78. The van der Waals surface area contributed by atoms with Crippen LogP contribution in [-0.2, 0) is 6.42 Å². The summed E-state index contributed by atoms with van der Waals surface area (Å²) < 4.78 is 12.9. The molecule has 0 aliphatic carbocycles. The molecule has 1 N–H and O–H groups in total. The molecule has 0 bridgehead atoms. The fraction of sp³-hybridized carbons (Fsp3) is 0.200. The van der Waals surface area contributed by atoms with Gasteiger partial charge in [-0.1, -0.05) is 37.6 Å². The van der Waals surface area contributed by atoms with Gasteiger partial charge in [0.1, 0.15) is 11.6 Å². The Morgan fingerprint density at radius 3 is 2.35 bits per heavy atom. The summed E-state index contributed by atoms with van der Waals surface area (Å²) in [7, 11) is 0. The second-order valence-corrected chi connectivity index (χ2v) is 4.11. The van der Waals surface area contributed by atoms with E-state index in [9.17, 15) is 9.50 Å². The van der Waals surface area contributed by atoms with Gasteiger partial charge < -0.3 is 5.11 Å². The molecule has 0 heterocycles. The van der Waals surface area contributed by atoms with Crippen molar-refractivity contribution in [1.82, 2.24) is 0 Å². The van der Waals surface area contributed by atoms with E-state index in [2.05, 4.69) is 6.92 Å². The fourth-order valence-electron chi connectivity index (χ4n) is 1.89. The highest BCUT2D eigenvalue weighted by Gasteiger charge is 2.05. The van der Waals surface area contributed by atoms with Gasteiger partial charge in [0.05, 0.1) is 0 Å². The lowest BCUT2D eigenvalue weighted by Crippen LogP contribution is -1.85. The van der Waals surface area contributed by atoms with E-state index in [1.807, 2.05) is 24.3 Å². The van der Waals surface area contributed by atoms with Crippen LogP contribution in [0.15, 0.2) is 42.5 Å². The van der Waals surface area contributed by atoms with Crippen LogP contribution in [0.4, 0.5) is 4.39 Å². The zero-order chi connectivity index (χ0) is 12.3. The van der Waals surface area contributed by atoms with Crippen LogP contribution in [0, 0.1) is 5.82 Å². The maximum Gasteiger partial charge on any atom is 0.126 e. The number of phenols is 1. The van der Waals surface area contributed by atoms with E-state index in [0.717, 1.165) is 24.5 Å². The smallest absolute Gasteiger partial charge is 0.126 e. The Labute approximate surface area is 101 Å². The van der Waals surface area contributed by atoms with Crippen molar-refractivity contribution in [2.75, 3.05) is 0 Å². The molecule has 0 aliphatic rings. The van der Waals surface area contributed by atoms with Crippen LogP contribution >= 0.6 is 0 Å². The second kappa shape index (κ2) is 5.00. The Bertz CT molecular complexity index is 503. The number of hydrogen-bond acceptors (Lipinski definition) is 1. The van der Waals surface area contributed by atoms with Crippen molar-refractivity contribution < 1.29 is 9.50 Å². The lowest BCUT2D eigenvalue weighted by molar-refractivity contribution is 0.471. The predicted molar refractivity (Wildman–Crippen MR) is 67.5 cm³/mol. The van der Waals surface area contributed by atoms with Gasteiger partial charge in [-0.05, 0) is 29.7 Å². The third-order valence-corrected chi connectivity index (χ3v) is 2.76. The normalized spacial score (nSPS) is 10.5. The van der Waals surface area contributed by atoms with Gasteiger partial charge in [0.25, 0.3) is 0 Å². The molecule has 0 saturated carbocycles. The topological polar surface area (TPSA) is 20.2 Å². The number of phenolic OH excluding ortho intramolecular Hbond substituents is 1. The molecular formula is C15H15FO. The molecule has 0 saturated heterocycles. The van der Waals surface area contributed by atoms with Crippen LogP contribution in [0.25, 0.3) is 11.1 Å². The van der Waals surface area contributed by atoms with Crippen molar-refractivity contribution in [3.8, 4) is 16.9 Å². The summed E-state index contributed by atoms with van der Waals surface area (Å²) in [5.41, 5.74) is 2.84. The quantitative estimate of drug-likeness (QED) is 0.839. The Morgan fingerprint density at radius 2 is 1.76 bits per heavy atom. The van der Waals surface area contributed by atoms with Gasteiger partial charge in [-0.25, -0.2) is 4.39 Å². The summed E-state index contributed by atoms with van der Waals surface area (Å²) >= 11 is 0. The van der Waals surface area contributed by atoms with E-state index >= 15 is 0 Å². The van der Waals surface area contributed by atoms with Crippen LogP contribution in [-0.4, -0.2) is 5.11 Å². The van der Waals surface area contributed by atoms with Crippen LogP contribution in [0.2, 0.25) is 0 Å². The molecule has 0 fully saturated rings. The Morgan fingerprint density at radius 1 is 1.06 bits per heavy atom. The number of benzene rings is 2. The van der Waals surface area contributed by atoms with Crippen molar-refractivity contribution in [2.45, 2.75) is 19.8 Å². The molecular weight excluding hydrogens is 215 g/mol. The minimum Gasteiger partial charge on any atom is -0.507 e. The average molecular weight is 230 g/mol. The Hall–Kier alpha value is -1.83. The van der Waals surface area contributed by atoms with Crippen molar-refractivity contribution in [2.24, 2.45) is 0 Å². The summed E-state index contributed by atoms with van der Waals surface area (Å²) in [4.78, 5) is 0. The molecule has 88 valence electrons. The molecule has 2 aromatic carbocycles. The Kier molecular flexibility index (Phi) is 3.43. The standard InChI is InChI=1S/C15H15FO/c1-2-3-11-4-6-12(7-5-11)14-9-8-13(16)10-15(14)17/h4-10,17H,2-3H2,1H3. The summed E-state index contributed by atoms with van der Waals surface area (Å²) in [5.74, 6) is -0.443. The second-order valence-electron chi connectivity index (χ2n) is 4.11. The highest BCUT2D eigenvalue weighted by atomic mass is 19.1. The van der Waals surface area contributed by atoms with Crippen molar-refractivity contribution in [1.29, 1.82) is 0 Å². The first-order chi connectivity index (χ1) is 8.20. The maximum absolute atomic E-state index is 12.9. The lowest BCUT2D eigenvalue weighted by atomic mass is 10.0. The molecule has 1 nitrogen and oxygen atoms in total. The lowest BCUT2D eigenvalue weighted by Gasteiger charge is -2.06. The van der Waals surface area contributed by atoms with Crippen LogP contribution in [0.3, 0.4) is 0 Å². The van der Waals surface area contributed by atoms with E-state index in [1.165, 1.54) is 11.6 Å². The summed E-state index contributed by atoms with van der Waals surface area (Å²) in [5, 5.41) is 9.68. The molecule has 0 aliphatic heterocycles. The maximum atomic E-state index is 12.9. The number of hydrogen-bond donors (Lipinski definition) is 1. The third-order valence-electron chi connectivity index (χ3n) is 2.76. The van der Waals surface area contributed by atoms with E-state index in [-0.39, 0.29) is 5.75 Å². The van der Waals surface area contributed by atoms with Gasteiger partial charge in [0.2, 0.25) is 0 Å². The Balaban J connectivity index is 2.33. The largest absolute Gasteiger partial charge is 0.507 e. The molecule has 2 rings (SSSR count). The monoisotopic (exact) mass is 230 g/mol. The summed E-state index contributed by atoms with van der Waals surface area (Å²) in [6, 6.07) is 12.1. The predicted octanol–water partition coefficient (Wildman–Crippen LogP) is 4.15. The number of aryl methyl sites for hydroxylation is 1. The van der Waals surface area contributed by atoms with Crippen LogP contribution in [0.5, 0.6) is 5.75 Å². The van der Waals surface area contributed by atoms with E-state index < -0.39 is 5.82 Å². The van der Waals surface area contributed by atoms with Gasteiger partial charge >= 0.3 is 0 Å². The van der Waals surface area contributed by atoms with Crippen molar-refractivity contribution >= 4 is 0 Å². The third kappa shape index (κ3) is 2.64. The molecule has 0 aromatic heterocycles. The molecule has 2 aromatic rings. The van der Waals surface area contributed by atoms with Crippen LogP contribution < -0.4 is 0 Å². The van der Waals surface area contributed by atoms with E-state index in [0.29, 0.717) is 5.56 Å². The first kappa shape index (κ1) is 11.6. The molecule has 0 unspecified atom stereocenters. The zero-order valence-corrected chi connectivity index (χ0v) is 9.78. The average Bonchev–Trinajstić information content (AvgIpc) is 2.31. The number of aromatic hydroxyl groups is 1. The SMILES string of the molecule is CCCc1ccc(-c2ccc(F)cc2O)cc1. The van der Waals surface area contributed by atoms with Gasteiger partial charge in [-0.15, -0.1) is 0 Å². The zero-order valence-electron chi connectivity index (χ0n) is 9.78. The van der Waals surface area contributed by atoms with Gasteiger partial charge in [0.15, 0.2) is 0 Å². The number of halogens is 1. The summed E-state index contributed by atoms with van der Waals surface area (Å²) in [6.07, 6.45) is 2.16. The van der Waals surface area contributed by atoms with Crippen LogP contribution in [0.1, 0.15) is 18.9 Å². The minimum absolute atomic E-state index is 0.0201. The van der Waals surface area contributed by atoms with Crippen molar-refractivity contribution in [3.63, 3.8) is 0 Å². The molecule has 17 heavy (non-hydrogen) atoms. The van der Waals surface area contributed by atoms with Gasteiger partial charge in [0, 0.05) is 11.6 Å². The van der Waals surface area contributed by atoms with E-state index in [4.69, 9.17) is 0 Å². The fourth-order valence-corrected chi connectivity index (χ4v) is 1.89. The minimum atomic E-state index is -0.422. The molecule has 0 amide bonds. The molecule has 0 spiro atoms. The molecule has 0 radical (unpaired) electrons.